The van der Waals surface area contributed by atoms with Crippen LogP contribution in [-0.2, 0) is 6.54 Å². The highest BCUT2D eigenvalue weighted by atomic mass is 79.9. The average molecular weight is 354 g/mol. The number of amides is 1. The lowest BCUT2D eigenvalue weighted by Crippen LogP contribution is -2.55. The zero-order valence-electron chi connectivity index (χ0n) is 12.8. The van der Waals surface area contributed by atoms with Crippen LogP contribution >= 0.6 is 15.9 Å². The van der Waals surface area contributed by atoms with Crippen LogP contribution in [0.2, 0.25) is 0 Å². The predicted molar refractivity (Wildman–Crippen MR) is 87.5 cm³/mol. The summed E-state index contributed by atoms with van der Waals surface area (Å²) in [5.74, 6) is 0.0650. The Kier molecular flexibility index (Phi) is 4.41. The molecule has 2 unspecified atom stereocenters. The van der Waals surface area contributed by atoms with E-state index < -0.39 is 0 Å². The van der Waals surface area contributed by atoms with Crippen LogP contribution in [0.15, 0.2) is 16.7 Å². The second-order valence-corrected chi connectivity index (χ2v) is 7.29. The molecule has 0 aromatic carbocycles. The highest BCUT2D eigenvalue weighted by Gasteiger charge is 2.36. The molecule has 4 nitrogen and oxygen atoms in total. The number of hydrogen-bond donors (Lipinski definition) is 1. The topological polar surface area (TPSA) is 37.3 Å². The average Bonchev–Trinajstić information content (AvgIpc) is 2.81. The number of carbonyl (C=O) groups is 1. The summed E-state index contributed by atoms with van der Waals surface area (Å²) in [6.45, 7) is 2.87. The fraction of sp³-hybridized carbons (Fsp3) is 0.688. The summed E-state index contributed by atoms with van der Waals surface area (Å²) in [5, 5.41) is 3.27. The van der Waals surface area contributed by atoms with Crippen LogP contribution in [0.5, 0.6) is 0 Å². The number of nitrogens with one attached hydrogen (secondary N) is 1. The molecule has 21 heavy (non-hydrogen) atoms. The molecule has 1 amide bonds. The summed E-state index contributed by atoms with van der Waals surface area (Å²) >= 11 is 3.46. The van der Waals surface area contributed by atoms with Gasteiger partial charge in [0, 0.05) is 35.3 Å². The van der Waals surface area contributed by atoms with Crippen molar-refractivity contribution < 1.29 is 4.79 Å². The summed E-state index contributed by atoms with van der Waals surface area (Å²) in [7, 11) is 2.24. The molecule has 2 fully saturated rings. The van der Waals surface area contributed by atoms with Crippen molar-refractivity contribution in [3.63, 3.8) is 0 Å². The van der Waals surface area contributed by atoms with Gasteiger partial charge in [-0.15, -0.1) is 0 Å². The van der Waals surface area contributed by atoms with Gasteiger partial charge in [-0.3, -0.25) is 4.79 Å². The van der Waals surface area contributed by atoms with Crippen LogP contribution in [0.1, 0.15) is 49.5 Å². The van der Waals surface area contributed by atoms with Gasteiger partial charge in [0.2, 0.25) is 0 Å². The zero-order valence-corrected chi connectivity index (χ0v) is 14.4. The minimum Gasteiger partial charge on any atom is -0.348 e. The molecular formula is C16H24BrN3O. The number of aryl methyl sites for hydroxylation is 1. The van der Waals surface area contributed by atoms with Crippen molar-refractivity contribution in [2.45, 2.75) is 63.7 Å². The third kappa shape index (κ3) is 3.04. The van der Waals surface area contributed by atoms with Gasteiger partial charge in [0.15, 0.2) is 0 Å². The van der Waals surface area contributed by atoms with Crippen LogP contribution in [0.3, 0.4) is 0 Å². The van der Waals surface area contributed by atoms with Gasteiger partial charge in [-0.2, -0.15) is 0 Å². The number of aromatic nitrogens is 1. The summed E-state index contributed by atoms with van der Waals surface area (Å²) in [6.07, 6.45) is 8.04. The highest BCUT2D eigenvalue weighted by Crippen LogP contribution is 2.32. The Morgan fingerprint density at radius 3 is 2.67 bits per heavy atom. The van der Waals surface area contributed by atoms with Gasteiger partial charge in [0.25, 0.3) is 5.91 Å². The van der Waals surface area contributed by atoms with Crippen LogP contribution in [0.4, 0.5) is 0 Å². The molecule has 0 spiro atoms. The molecule has 1 aromatic heterocycles. The normalized spacial score (nSPS) is 29.4. The van der Waals surface area contributed by atoms with Crippen molar-refractivity contribution in [3.05, 3.63) is 22.4 Å². The quantitative estimate of drug-likeness (QED) is 0.906. The molecule has 2 bridgehead atoms. The van der Waals surface area contributed by atoms with Crippen LogP contribution < -0.4 is 5.32 Å². The van der Waals surface area contributed by atoms with Gasteiger partial charge in [0.05, 0.1) is 0 Å². The maximum absolute atomic E-state index is 12.5. The lowest BCUT2D eigenvalue weighted by atomic mass is 9.82. The molecule has 3 rings (SSSR count). The summed E-state index contributed by atoms with van der Waals surface area (Å²) in [6, 6.07) is 3.53. The molecule has 2 aliphatic heterocycles. The minimum absolute atomic E-state index is 0.0650. The molecule has 3 heterocycles. The summed E-state index contributed by atoms with van der Waals surface area (Å²) < 4.78 is 2.96. The molecule has 1 aromatic rings. The van der Waals surface area contributed by atoms with E-state index >= 15 is 0 Å². The Bertz CT molecular complexity index is 514. The van der Waals surface area contributed by atoms with Gasteiger partial charge >= 0.3 is 0 Å². The predicted octanol–water partition coefficient (Wildman–Crippen LogP) is 3.02. The second-order valence-electron chi connectivity index (χ2n) is 6.38. The minimum atomic E-state index is 0.0650. The van der Waals surface area contributed by atoms with Gasteiger partial charge < -0.3 is 14.8 Å². The molecule has 0 saturated carbocycles. The van der Waals surface area contributed by atoms with Gasteiger partial charge in [-0.05, 0) is 61.7 Å². The molecule has 2 atom stereocenters. The van der Waals surface area contributed by atoms with Crippen molar-refractivity contribution in [2.75, 3.05) is 7.05 Å². The largest absolute Gasteiger partial charge is 0.348 e. The van der Waals surface area contributed by atoms with E-state index in [1.807, 2.05) is 16.8 Å². The molecular weight excluding hydrogens is 330 g/mol. The standard InChI is InChI=1S/C16H24BrN3O/c1-3-20-10-11(17)7-15(20)16(21)18-12-8-13-5-4-6-14(9-12)19(13)2/h7,10,12-14H,3-6,8-9H2,1-2H3,(H,18,21). The third-order valence-corrected chi connectivity index (χ3v) is 5.55. The first kappa shape index (κ1) is 15.1. The van der Waals surface area contributed by atoms with E-state index in [4.69, 9.17) is 0 Å². The highest BCUT2D eigenvalue weighted by molar-refractivity contribution is 9.10. The summed E-state index contributed by atoms with van der Waals surface area (Å²) in [5.41, 5.74) is 0.758. The van der Waals surface area contributed by atoms with E-state index in [9.17, 15) is 4.79 Å². The molecule has 1 N–H and O–H groups in total. The number of piperidine rings is 2. The zero-order chi connectivity index (χ0) is 15.0. The third-order valence-electron chi connectivity index (χ3n) is 5.11. The Morgan fingerprint density at radius 2 is 2.05 bits per heavy atom. The first-order chi connectivity index (χ1) is 10.1. The number of fused-ring (bicyclic) bond motifs is 2. The molecule has 116 valence electrons. The van der Waals surface area contributed by atoms with E-state index in [2.05, 4.69) is 40.1 Å². The van der Waals surface area contributed by atoms with Crippen molar-refractivity contribution >= 4 is 21.8 Å². The Morgan fingerprint density at radius 1 is 1.38 bits per heavy atom. The molecule has 2 saturated heterocycles. The maximum atomic E-state index is 12.5. The fourth-order valence-electron chi connectivity index (χ4n) is 3.92. The molecule has 0 radical (unpaired) electrons. The van der Waals surface area contributed by atoms with Gasteiger partial charge in [-0.1, -0.05) is 6.42 Å². The van der Waals surface area contributed by atoms with E-state index in [1.165, 1.54) is 19.3 Å². The van der Waals surface area contributed by atoms with Crippen molar-refractivity contribution in [1.29, 1.82) is 0 Å². The van der Waals surface area contributed by atoms with Crippen molar-refractivity contribution in [2.24, 2.45) is 0 Å². The van der Waals surface area contributed by atoms with Crippen LogP contribution in [-0.4, -0.2) is 40.5 Å². The number of halogens is 1. The first-order valence-electron chi connectivity index (χ1n) is 7.97. The van der Waals surface area contributed by atoms with E-state index in [1.54, 1.807) is 0 Å². The first-order valence-corrected chi connectivity index (χ1v) is 8.76. The Hall–Kier alpha value is -0.810. The van der Waals surface area contributed by atoms with Gasteiger partial charge in [0.1, 0.15) is 5.69 Å². The second kappa shape index (κ2) is 6.13. The monoisotopic (exact) mass is 353 g/mol. The fourth-order valence-corrected chi connectivity index (χ4v) is 4.38. The lowest BCUT2D eigenvalue weighted by molar-refractivity contribution is 0.0461. The van der Waals surface area contributed by atoms with Crippen LogP contribution in [0.25, 0.3) is 0 Å². The smallest absolute Gasteiger partial charge is 0.268 e. The van der Waals surface area contributed by atoms with Crippen LogP contribution in [0, 0.1) is 0 Å². The number of rotatable bonds is 3. The van der Waals surface area contributed by atoms with Crippen molar-refractivity contribution in [1.82, 2.24) is 14.8 Å². The number of carbonyl (C=O) groups excluding carboxylic acids is 1. The number of hydrogen-bond acceptors (Lipinski definition) is 2. The van der Waals surface area contributed by atoms with Crippen molar-refractivity contribution in [3.8, 4) is 0 Å². The van der Waals surface area contributed by atoms with E-state index in [-0.39, 0.29) is 5.91 Å². The van der Waals surface area contributed by atoms with Gasteiger partial charge in [-0.25, -0.2) is 0 Å². The molecule has 0 aliphatic carbocycles. The van der Waals surface area contributed by atoms with E-state index in [0.717, 1.165) is 29.6 Å². The Balaban J connectivity index is 1.68. The Labute approximate surface area is 135 Å². The maximum Gasteiger partial charge on any atom is 0.268 e. The SMILES string of the molecule is CCn1cc(Br)cc1C(=O)NC1CC2CCCC(C1)N2C. The molecule has 2 aliphatic rings. The van der Waals surface area contributed by atoms with E-state index in [0.29, 0.717) is 18.1 Å². The number of nitrogens with zero attached hydrogens (tertiary/aromatic N) is 2. The lowest BCUT2D eigenvalue weighted by Gasteiger charge is -2.47. The molecule has 5 heteroatoms. The summed E-state index contributed by atoms with van der Waals surface area (Å²) in [4.78, 5) is 15.1.